The molecule has 0 aliphatic carbocycles. The van der Waals surface area contributed by atoms with Crippen LogP contribution in [0.1, 0.15) is 11.1 Å². The predicted octanol–water partition coefficient (Wildman–Crippen LogP) is 3.10. The number of hydrogen-bond acceptors (Lipinski definition) is 4. The lowest BCUT2D eigenvalue weighted by Crippen LogP contribution is -2.08. The molecule has 1 aliphatic heterocycles. The summed E-state index contributed by atoms with van der Waals surface area (Å²) in [6.45, 7) is 0. The standard InChI is InChI=1S/C18H16N2O2/c1-20(2)15-10-8-13(9-11-15)12-16-18(21)22-17(19-16)14-6-4-3-5-7-14/h3-12H,1-2H3/b16-12-. The van der Waals surface area contributed by atoms with Gasteiger partial charge in [-0.05, 0) is 35.9 Å². The van der Waals surface area contributed by atoms with Crippen molar-refractivity contribution in [1.82, 2.24) is 0 Å². The molecule has 22 heavy (non-hydrogen) atoms. The van der Waals surface area contributed by atoms with Crippen LogP contribution in [0.5, 0.6) is 0 Å². The van der Waals surface area contributed by atoms with Crippen molar-refractivity contribution in [1.29, 1.82) is 0 Å². The van der Waals surface area contributed by atoms with Crippen LogP contribution in [0.15, 0.2) is 65.3 Å². The maximum Gasteiger partial charge on any atom is 0.363 e. The Morgan fingerprint density at radius 1 is 1.00 bits per heavy atom. The van der Waals surface area contributed by atoms with Crippen LogP contribution in [-0.2, 0) is 9.53 Å². The Kier molecular flexibility index (Phi) is 3.74. The highest BCUT2D eigenvalue weighted by molar-refractivity contribution is 6.12. The van der Waals surface area contributed by atoms with Crippen molar-refractivity contribution in [2.75, 3.05) is 19.0 Å². The highest BCUT2D eigenvalue weighted by Crippen LogP contribution is 2.20. The van der Waals surface area contributed by atoms with E-state index in [1.807, 2.05) is 73.6 Å². The first kappa shape index (κ1) is 14.1. The van der Waals surface area contributed by atoms with E-state index in [9.17, 15) is 4.79 Å². The van der Waals surface area contributed by atoms with E-state index in [-0.39, 0.29) is 0 Å². The molecule has 4 nitrogen and oxygen atoms in total. The largest absolute Gasteiger partial charge is 0.402 e. The van der Waals surface area contributed by atoms with Crippen LogP contribution in [0.25, 0.3) is 6.08 Å². The molecule has 0 bridgehead atoms. The molecule has 0 saturated heterocycles. The second-order valence-corrected chi connectivity index (χ2v) is 5.19. The smallest absolute Gasteiger partial charge is 0.363 e. The Morgan fingerprint density at radius 2 is 1.68 bits per heavy atom. The van der Waals surface area contributed by atoms with Gasteiger partial charge in [0.25, 0.3) is 0 Å². The maximum absolute atomic E-state index is 11.9. The van der Waals surface area contributed by atoms with Crippen LogP contribution < -0.4 is 4.90 Å². The van der Waals surface area contributed by atoms with E-state index in [1.165, 1.54) is 0 Å². The lowest BCUT2D eigenvalue weighted by Gasteiger charge is -2.11. The normalized spacial score (nSPS) is 15.6. The molecule has 0 saturated carbocycles. The number of carbonyl (C=O) groups is 1. The van der Waals surface area contributed by atoms with Gasteiger partial charge in [0.15, 0.2) is 5.70 Å². The lowest BCUT2D eigenvalue weighted by atomic mass is 10.1. The third-order valence-electron chi connectivity index (χ3n) is 3.35. The van der Waals surface area contributed by atoms with Gasteiger partial charge in [0, 0.05) is 25.3 Å². The van der Waals surface area contributed by atoms with Crippen molar-refractivity contribution in [3.8, 4) is 0 Å². The molecular weight excluding hydrogens is 276 g/mol. The number of ether oxygens (including phenoxy) is 1. The van der Waals surface area contributed by atoms with Crippen molar-refractivity contribution in [3.05, 3.63) is 71.4 Å². The van der Waals surface area contributed by atoms with Crippen molar-refractivity contribution in [2.45, 2.75) is 0 Å². The number of benzene rings is 2. The summed E-state index contributed by atoms with van der Waals surface area (Å²) in [6.07, 6.45) is 1.73. The van der Waals surface area contributed by atoms with Crippen molar-refractivity contribution in [2.24, 2.45) is 4.99 Å². The Balaban J connectivity index is 1.87. The third-order valence-corrected chi connectivity index (χ3v) is 3.35. The third kappa shape index (κ3) is 2.91. The first-order valence-electron chi connectivity index (χ1n) is 6.99. The number of hydrogen-bond donors (Lipinski definition) is 0. The quantitative estimate of drug-likeness (QED) is 0.645. The van der Waals surface area contributed by atoms with E-state index < -0.39 is 5.97 Å². The minimum absolute atomic E-state index is 0.316. The highest BCUT2D eigenvalue weighted by Gasteiger charge is 2.23. The SMILES string of the molecule is CN(C)c1ccc(/C=C2\N=C(c3ccccc3)OC2=O)cc1. The average molecular weight is 292 g/mol. The van der Waals surface area contributed by atoms with Gasteiger partial charge in [-0.1, -0.05) is 30.3 Å². The molecule has 0 N–H and O–H groups in total. The molecule has 0 atom stereocenters. The van der Waals surface area contributed by atoms with Crippen molar-refractivity contribution in [3.63, 3.8) is 0 Å². The van der Waals surface area contributed by atoms with Crippen LogP contribution in [0.3, 0.4) is 0 Å². The van der Waals surface area contributed by atoms with Gasteiger partial charge in [0.2, 0.25) is 5.90 Å². The summed E-state index contributed by atoms with van der Waals surface area (Å²) in [5, 5.41) is 0. The second kappa shape index (κ2) is 5.85. The van der Waals surface area contributed by atoms with E-state index in [2.05, 4.69) is 4.99 Å². The molecule has 3 rings (SSSR count). The predicted molar refractivity (Wildman–Crippen MR) is 87.8 cm³/mol. The first-order valence-corrected chi connectivity index (χ1v) is 6.99. The Bertz CT molecular complexity index is 744. The number of esters is 1. The minimum atomic E-state index is -0.421. The summed E-state index contributed by atoms with van der Waals surface area (Å²) in [5.41, 5.74) is 3.12. The molecular formula is C18H16N2O2. The highest BCUT2D eigenvalue weighted by atomic mass is 16.6. The molecule has 2 aromatic rings. The zero-order chi connectivity index (χ0) is 15.5. The molecule has 110 valence electrons. The molecule has 2 aromatic carbocycles. The summed E-state index contributed by atoms with van der Waals surface area (Å²) in [6, 6.07) is 17.3. The number of nitrogens with zero attached hydrogens (tertiary/aromatic N) is 2. The number of rotatable bonds is 3. The van der Waals surface area contributed by atoms with Gasteiger partial charge in [0.1, 0.15) is 0 Å². The van der Waals surface area contributed by atoms with Gasteiger partial charge < -0.3 is 9.64 Å². The fraction of sp³-hybridized carbons (Fsp3) is 0.111. The van der Waals surface area contributed by atoms with Gasteiger partial charge >= 0.3 is 5.97 Å². The number of aliphatic imine (C=N–C) groups is 1. The number of anilines is 1. The summed E-state index contributed by atoms with van der Waals surface area (Å²) >= 11 is 0. The molecule has 0 fully saturated rings. The molecule has 0 aromatic heterocycles. The van der Waals surface area contributed by atoms with Gasteiger partial charge in [0.05, 0.1) is 0 Å². The topological polar surface area (TPSA) is 41.9 Å². The lowest BCUT2D eigenvalue weighted by molar-refractivity contribution is -0.129. The van der Waals surface area contributed by atoms with Crippen LogP contribution >= 0.6 is 0 Å². The van der Waals surface area contributed by atoms with E-state index in [0.717, 1.165) is 16.8 Å². The molecule has 0 spiro atoms. The van der Waals surface area contributed by atoms with Crippen LogP contribution in [-0.4, -0.2) is 26.0 Å². The maximum atomic E-state index is 11.9. The summed E-state index contributed by atoms with van der Waals surface area (Å²) in [5.74, 6) is -0.0719. The molecule has 1 heterocycles. The zero-order valence-corrected chi connectivity index (χ0v) is 12.5. The van der Waals surface area contributed by atoms with Gasteiger partial charge in [-0.25, -0.2) is 9.79 Å². The van der Waals surface area contributed by atoms with Crippen LogP contribution in [0, 0.1) is 0 Å². The van der Waals surface area contributed by atoms with Gasteiger partial charge in [-0.15, -0.1) is 0 Å². The summed E-state index contributed by atoms with van der Waals surface area (Å²) < 4.78 is 5.23. The fourth-order valence-corrected chi connectivity index (χ4v) is 2.14. The Morgan fingerprint density at radius 3 is 2.32 bits per heavy atom. The van der Waals surface area contributed by atoms with Crippen LogP contribution in [0.2, 0.25) is 0 Å². The first-order chi connectivity index (χ1) is 10.6. The van der Waals surface area contributed by atoms with Crippen LogP contribution in [0.4, 0.5) is 5.69 Å². The van der Waals surface area contributed by atoms with Gasteiger partial charge in [-0.2, -0.15) is 0 Å². The second-order valence-electron chi connectivity index (χ2n) is 5.19. The molecule has 1 aliphatic rings. The zero-order valence-electron chi connectivity index (χ0n) is 12.5. The molecule has 0 unspecified atom stereocenters. The van der Waals surface area contributed by atoms with Gasteiger partial charge in [-0.3, -0.25) is 0 Å². The summed E-state index contributed by atoms with van der Waals surface area (Å²) in [7, 11) is 3.97. The Hall–Kier alpha value is -2.88. The van der Waals surface area contributed by atoms with Crippen molar-refractivity contribution >= 4 is 23.6 Å². The van der Waals surface area contributed by atoms with E-state index in [4.69, 9.17) is 4.74 Å². The average Bonchev–Trinajstić information content (AvgIpc) is 2.90. The Labute approximate surface area is 129 Å². The minimum Gasteiger partial charge on any atom is -0.402 e. The molecule has 4 heteroatoms. The van der Waals surface area contributed by atoms with E-state index >= 15 is 0 Å². The molecule has 0 amide bonds. The number of cyclic esters (lactones) is 1. The van der Waals surface area contributed by atoms with E-state index in [1.54, 1.807) is 6.08 Å². The monoisotopic (exact) mass is 292 g/mol. The molecule has 0 radical (unpaired) electrons. The van der Waals surface area contributed by atoms with Crippen molar-refractivity contribution < 1.29 is 9.53 Å². The van der Waals surface area contributed by atoms with E-state index in [0.29, 0.717) is 11.6 Å². The fourth-order valence-electron chi connectivity index (χ4n) is 2.14. The summed E-state index contributed by atoms with van der Waals surface area (Å²) in [4.78, 5) is 18.2. The number of carbonyl (C=O) groups excluding carboxylic acids is 1.